The predicted molar refractivity (Wildman–Crippen MR) is 71.1 cm³/mol. The van der Waals surface area contributed by atoms with E-state index < -0.39 is 0 Å². The molecule has 2 N–H and O–H groups in total. The van der Waals surface area contributed by atoms with E-state index in [4.69, 9.17) is 19.9 Å². The van der Waals surface area contributed by atoms with Crippen LogP contribution in [0, 0.1) is 0 Å². The Labute approximate surface area is 108 Å². The highest BCUT2D eigenvalue weighted by atomic mass is 16.7. The van der Waals surface area contributed by atoms with Crippen LogP contribution in [0.15, 0.2) is 43.0 Å². The summed E-state index contributed by atoms with van der Waals surface area (Å²) in [5.41, 5.74) is 7.13. The number of rotatable bonds is 9. The highest BCUT2D eigenvalue weighted by molar-refractivity contribution is 5.20. The Morgan fingerprint density at radius 1 is 1.28 bits per heavy atom. The van der Waals surface area contributed by atoms with Crippen molar-refractivity contribution in [3.8, 4) is 0 Å². The van der Waals surface area contributed by atoms with Gasteiger partial charge in [0.1, 0.15) is 6.79 Å². The number of methoxy groups -OCH3 is 1. The lowest BCUT2D eigenvalue weighted by atomic mass is 10.0. The molecule has 4 nitrogen and oxygen atoms in total. The zero-order valence-electron chi connectivity index (χ0n) is 10.7. The summed E-state index contributed by atoms with van der Waals surface area (Å²) in [7, 11) is 1.63. The molecule has 0 unspecified atom stereocenters. The smallest absolute Gasteiger partial charge is 0.147 e. The first-order valence-electron chi connectivity index (χ1n) is 5.91. The fourth-order valence-electron chi connectivity index (χ4n) is 1.51. The van der Waals surface area contributed by atoms with Crippen LogP contribution in [-0.2, 0) is 14.2 Å². The minimum absolute atomic E-state index is 0.181. The summed E-state index contributed by atoms with van der Waals surface area (Å²) in [6.07, 6.45) is 1.42. The molecule has 4 heteroatoms. The van der Waals surface area contributed by atoms with E-state index in [0.717, 1.165) is 5.56 Å². The average molecular weight is 251 g/mol. The van der Waals surface area contributed by atoms with Crippen molar-refractivity contribution in [3.05, 3.63) is 48.6 Å². The Morgan fingerprint density at radius 3 is 2.61 bits per heavy atom. The second-order valence-corrected chi connectivity index (χ2v) is 3.82. The lowest BCUT2D eigenvalue weighted by Gasteiger charge is -2.21. The zero-order valence-corrected chi connectivity index (χ0v) is 10.7. The van der Waals surface area contributed by atoms with Gasteiger partial charge in [0, 0.05) is 7.11 Å². The van der Waals surface area contributed by atoms with E-state index in [1.165, 1.54) is 0 Å². The van der Waals surface area contributed by atoms with E-state index in [-0.39, 0.29) is 18.9 Å². The second-order valence-electron chi connectivity index (χ2n) is 3.82. The Kier molecular flexibility index (Phi) is 7.29. The van der Waals surface area contributed by atoms with Crippen LogP contribution in [0.5, 0.6) is 0 Å². The fourth-order valence-corrected chi connectivity index (χ4v) is 1.51. The molecule has 0 aromatic heterocycles. The maximum atomic E-state index is 6.11. The van der Waals surface area contributed by atoms with Gasteiger partial charge < -0.3 is 19.9 Å². The van der Waals surface area contributed by atoms with Crippen LogP contribution >= 0.6 is 0 Å². The molecule has 2 atom stereocenters. The van der Waals surface area contributed by atoms with Crippen molar-refractivity contribution in [1.82, 2.24) is 0 Å². The second kappa shape index (κ2) is 8.83. The molecule has 0 bridgehead atoms. The van der Waals surface area contributed by atoms with Crippen molar-refractivity contribution in [1.29, 1.82) is 0 Å². The summed E-state index contributed by atoms with van der Waals surface area (Å²) in [4.78, 5) is 0. The van der Waals surface area contributed by atoms with Crippen molar-refractivity contribution in [2.24, 2.45) is 5.73 Å². The van der Waals surface area contributed by atoms with Gasteiger partial charge >= 0.3 is 0 Å². The maximum Gasteiger partial charge on any atom is 0.147 e. The quantitative estimate of drug-likeness (QED) is 0.413. The van der Waals surface area contributed by atoms with Gasteiger partial charge in [-0.3, -0.25) is 0 Å². The molecule has 0 amide bonds. The van der Waals surface area contributed by atoms with Crippen LogP contribution in [0.4, 0.5) is 0 Å². The molecule has 0 fully saturated rings. The molecule has 1 rings (SSSR count). The summed E-state index contributed by atoms with van der Waals surface area (Å²) >= 11 is 0. The zero-order chi connectivity index (χ0) is 13.2. The highest BCUT2D eigenvalue weighted by Gasteiger charge is 2.16. The minimum atomic E-state index is -0.269. The molecule has 0 aliphatic rings. The number of nitrogens with two attached hydrogens (primary N) is 1. The maximum absolute atomic E-state index is 6.11. The van der Waals surface area contributed by atoms with Gasteiger partial charge in [-0.1, -0.05) is 36.4 Å². The monoisotopic (exact) mass is 251 g/mol. The van der Waals surface area contributed by atoms with E-state index in [9.17, 15) is 0 Å². The number of ether oxygens (including phenoxy) is 3. The lowest BCUT2D eigenvalue weighted by molar-refractivity contribution is -0.0902. The summed E-state index contributed by atoms with van der Waals surface area (Å²) < 4.78 is 15.6. The third kappa shape index (κ3) is 4.98. The summed E-state index contributed by atoms with van der Waals surface area (Å²) in [5, 5.41) is 0. The standard InChI is InChI=1S/C14H21NO3/c1-3-13(18-11-17-10-9-16-2)14(15)12-7-5-4-6-8-12/h3-8,13-14H,1,9-11,15H2,2H3/t13-,14-/m1/s1. The van der Waals surface area contributed by atoms with Crippen LogP contribution < -0.4 is 5.73 Å². The number of hydrogen-bond donors (Lipinski definition) is 1. The molecule has 0 spiro atoms. The van der Waals surface area contributed by atoms with Gasteiger partial charge in [0.2, 0.25) is 0 Å². The molecular formula is C14H21NO3. The first kappa shape index (κ1) is 14.9. The van der Waals surface area contributed by atoms with Crippen LogP contribution in [0.25, 0.3) is 0 Å². The Balaban J connectivity index is 2.38. The predicted octanol–water partition coefficient (Wildman–Crippen LogP) is 1.88. The van der Waals surface area contributed by atoms with Gasteiger partial charge in [0.05, 0.1) is 25.4 Å². The number of benzene rings is 1. The number of hydrogen-bond acceptors (Lipinski definition) is 4. The van der Waals surface area contributed by atoms with E-state index in [1.54, 1.807) is 13.2 Å². The SMILES string of the molecule is C=C[C@@H](OCOCCOC)[C@H](N)c1ccccc1. The largest absolute Gasteiger partial charge is 0.382 e. The van der Waals surface area contributed by atoms with E-state index in [0.29, 0.717) is 13.2 Å². The van der Waals surface area contributed by atoms with Crippen molar-refractivity contribution < 1.29 is 14.2 Å². The third-order valence-corrected chi connectivity index (χ3v) is 2.55. The van der Waals surface area contributed by atoms with Gasteiger partial charge in [0.25, 0.3) is 0 Å². The van der Waals surface area contributed by atoms with Gasteiger partial charge in [-0.2, -0.15) is 0 Å². The van der Waals surface area contributed by atoms with E-state index in [2.05, 4.69) is 6.58 Å². The summed E-state index contributed by atoms with van der Waals surface area (Å²) in [6.45, 7) is 4.97. The van der Waals surface area contributed by atoms with Gasteiger partial charge in [-0.15, -0.1) is 6.58 Å². The first-order valence-corrected chi connectivity index (χ1v) is 5.91. The molecule has 1 aromatic carbocycles. The first-order chi connectivity index (χ1) is 8.79. The summed E-state index contributed by atoms with van der Waals surface area (Å²) in [6, 6.07) is 9.55. The van der Waals surface area contributed by atoms with Crippen molar-refractivity contribution in [2.75, 3.05) is 27.1 Å². The Bertz CT molecular complexity index is 329. The molecule has 100 valence electrons. The minimum Gasteiger partial charge on any atom is -0.382 e. The summed E-state index contributed by atoms with van der Waals surface area (Å²) in [5.74, 6) is 0. The Hall–Kier alpha value is -1.20. The molecule has 0 heterocycles. The van der Waals surface area contributed by atoms with E-state index in [1.807, 2.05) is 30.3 Å². The van der Waals surface area contributed by atoms with Gasteiger partial charge in [0.15, 0.2) is 0 Å². The third-order valence-electron chi connectivity index (χ3n) is 2.55. The van der Waals surface area contributed by atoms with Crippen molar-refractivity contribution in [2.45, 2.75) is 12.1 Å². The van der Waals surface area contributed by atoms with Crippen LogP contribution in [-0.4, -0.2) is 33.2 Å². The molecule has 0 aliphatic heterocycles. The van der Waals surface area contributed by atoms with Crippen LogP contribution in [0.3, 0.4) is 0 Å². The van der Waals surface area contributed by atoms with Crippen molar-refractivity contribution >= 4 is 0 Å². The normalized spacial score (nSPS) is 14.1. The van der Waals surface area contributed by atoms with Crippen molar-refractivity contribution in [3.63, 3.8) is 0 Å². The molecule has 0 aliphatic carbocycles. The lowest BCUT2D eigenvalue weighted by Crippen LogP contribution is -2.28. The van der Waals surface area contributed by atoms with Gasteiger partial charge in [-0.25, -0.2) is 0 Å². The van der Waals surface area contributed by atoms with Crippen LogP contribution in [0.1, 0.15) is 11.6 Å². The molecule has 0 saturated carbocycles. The van der Waals surface area contributed by atoms with Gasteiger partial charge in [-0.05, 0) is 5.56 Å². The fraction of sp³-hybridized carbons (Fsp3) is 0.429. The average Bonchev–Trinajstić information content (AvgIpc) is 2.43. The van der Waals surface area contributed by atoms with Crippen LogP contribution in [0.2, 0.25) is 0 Å². The van der Waals surface area contributed by atoms with E-state index >= 15 is 0 Å². The highest BCUT2D eigenvalue weighted by Crippen LogP contribution is 2.17. The molecule has 0 saturated heterocycles. The molecule has 0 radical (unpaired) electrons. The molecular weight excluding hydrogens is 230 g/mol. The topological polar surface area (TPSA) is 53.7 Å². The molecule has 1 aromatic rings. The Morgan fingerprint density at radius 2 is 2.00 bits per heavy atom. The molecule has 18 heavy (non-hydrogen) atoms.